The van der Waals surface area contributed by atoms with E-state index >= 15 is 0 Å². The highest BCUT2D eigenvalue weighted by Gasteiger charge is 2.30. The van der Waals surface area contributed by atoms with Crippen LogP contribution in [0.2, 0.25) is 0 Å². The van der Waals surface area contributed by atoms with E-state index in [0.717, 1.165) is 4.57 Å². The van der Waals surface area contributed by atoms with Crippen LogP contribution in [0.25, 0.3) is 0 Å². The Hall–Kier alpha value is -1.54. The van der Waals surface area contributed by atoms with Gasteiger partial charge in [0.2, 0.25) is 0 Å². The molecule has 0 saturated heterocycles. The molecule has 0 saturated carbocycles. The molecule has 1 aromatic rings. The van der Waals surface area contributed by atoms with Gasteiger partial charge in [-0.1, -0.05) is 0 Å². The maximum atomic E-state index is 12.4. The summed E-state index contributed by atoms with van der Waals surface area (Å²) in [6, 6.07) is 2.71. The lowest BCUT2D eigenvalue weighted by Gasteiger charge is -2.22. The minimum Gasteiger partial charge on any atom is -0.395 e. The van der Waals surface area contributed by atoms with Gasteiger partial charge < -0.3 is 19.3 Å². The van der Waals surface area contributed by atoms with Gasteiger partial charge in [-0.2, -0.15) is 13.2 Å². The van der Waals surface area contributed by atoms with Gasteiger partial charge in [0, 0.05) is 26.4 Å². The van der Waals surface area contributed by atoms with Crippen molar-refractivity contribution in [2.45, 2.75) is 12.7 Å². The van der Waals surface area contributed by atoms with Gasteiger partial charge in [-0.25, -0.2) is 0 Å². The van der Waals surface area contributed by atoms with Crippen LogP contribution in [-0.2, 0) is 11.3 Å². The van der Waals surface area contributed by atoms with E-state index in [9.17, 15) is 18.0 Å². The van der Waals surface area contributed by atoms with Gasteiger partial charge >= 0.3 is 6.18 Å². The number of amides is 1. The quantitative estimate of drug-likeness (QED) is 0.820. The number of carbonyl (C=O) groups is 1. The topological polar surface area (TPSA) is 54.7 Å². The average molecular weight is 294 g/mol. The number of nitrogens with zero attached hydrogens (tertiary/aromatic N) is 2. The Morgan fingerprint density at radius 1 is 1.45 bits per heavy atom. The second-order valence-corrected chi connectivity index (χ2v) is 4.15. The third-order valence-electron chi connectivity index (χ3n) is 2.62. The maximum Gasteiger partial charge on any atom is 0.406 e. The van der Waals surface area contributed by atoms with Crippen LogP contribution in [0.1, 0.15) is 10.5 Å². The first-order chi connectivity index (χ1) is 9.39. The van der Waals surface area contributed by atoms with Crippen LogP contribution in [0.3, 0.4) is 0 Å². The van der Waals surface area contributed by atoms with Crippen molar-refractivity contribution in [3.05, 3.63) is 24.0 Å². The monoisotopic (exact) mass is 294 g/mol. The maximum absolute atomic E-state index is 12.4. The highest BCUT2D eigenvalue weighted by molar-refractivity contribution is 5.92. The van der Waals surface area contributed by atoms with Crippen molar-refractivity contribution in [3.63, 3.8) is 0 Å². The van der Waals surface area contributed by atoms with Gasteiger partial charge in [0.25, 0.3) is 5.91 Å². The van der Waals surface area contributed by atoms with Crippen LogP contribution < -0.4 is 0 Å². The summed E-state index contributed by atoms with van der Waals surface area (Å²) in [6.45, 7) is -1.01. The van der Waals surface area contributed by atoms with Crippen molar-refractivity contribution in [1.29, 1.82) is 0 Å². The molecular formula is C12H17F3N2O3. The number of ether oxygens (including phenoxy) is 1. The summed E-state index contributed by atoms with van der Waals surface area (Å²) in [5.74, 6) is -0.564. The summed E-state index contributed by atoms with van der Waals surface area (Å²) < 4.78 is 42.9. The Morgan fingerprint density at radius 3 is 2.70 bits per heavy atom. The Morgan fingerprint density at radius 2 is 2.15 bits per heavy atom. The van der Waals surface area contributed by atoms with Gasteiger partial charge in [0.05, 0.1) is 13.2 Å². The number of methoxy groups -OCH3 is 1. The molecule has 0 radical (unpaired) electrons. The van der Waals surface area contributed by atoms with Crippen LogP contribution in [0.4, 0.5) is 13.2 Å². The van der Waals surface area contributed by atoms with Crippen molar-refractivity contribution < 1.29 is 27.8 Å². The van der Waals surface area contributed by atoms with E-state index in [4.69, 9.17) is 9.84 Å². The van der Waals surface area contributed by atoms with Crippen LogP contribution >= 0.6 is 0 Å². The van der Waals surface area contributed by atoms with Crippen LogP contribution in [-0.4, -0.2) is 60.1 Å². The summed E-state index contributed by atoms with van der Waals surface area (Å²) in [5, 5.41) is 8.92. The Labute approximate surface area is 114 Å². The predicted octanol–water partition coefficient (Wildman–Crippen LogP) is 1.13. The second-order valence-electron chi connectivity index (χ2n) is 4.15. The standard InChI is InChI=1S/C12H17F3N2O3/c1-20-8-6-16(5-7-18)11(19)10-3-2-4-17(10)9-12(13,14)15/h2-4,18H,5-9H2,1H3. The molecule has 0 bridgehead atoms. The van der Waals surface area contributed by atoms with Gasteiger partial charge in [0.15, 0.2) is 0 Å². The van der Waals surface area contributed by atoms with E-state index in [0.29, 0.717) is 0 Å². The number of halogens is 3. The van der Waals surface area contributed by atoms with Gasteiger partial charge in [-0.15, -0.1) is 0 Å². The lowest BCUT2D eigenvalue weighted by molar-refractivity contribution is -0.140. The molecule has 0 aliphatic carbocycles. The lowest BCUT2D eigenvalue weighted by atomic mass is 10.3. The summed E-state index contributed by atoms with van der Waals surface area (Å²) in [7, 11) is 1.45. The number of aliphatic hydroxyl groups excluding tert-OH is 1. The first kappa shape index (κ1) is 16.5. The smallest absolute Gasteiger partial charge is 0.395 e. The molecule has 114 valence electrons. The number of aliphatic hydroxyl groups is 1. The zero-order valence-corrected chi connectivity index (χ0v) is 11.1. The molecule has 1 heterocycles. The Kier molecular flexibility index (Phi) is 6.03. The van der Waals surface area contributed by atoms with E-state index in [2.05, 4.69) is 0 Å². The summed E-state index contributed by atoms with van der Waals surface area (Å²) in [6.07, 6.45) is -3.20. The molecule has 0 fully saturated rings. The molecule has 0 atom stereocenters. The van der Waals surface area contributed by atoms with Crippen molar-refractivity contribution in [2.75, 3.05) is 33.4 Å². The highest BCUT2D eigenvalue weighted by atomic mass is 19.4. The second kappa shape index (κ2) is 7.30. The number of hydrogen-bond donors (Lipinski definition) is 1. The fourth-order valence-electron chi connectivity index (χ4n) is 1.74. The van der Waals surface area contributed by atoms with E-state index in [1.165, 1.54) is 30.3 Å². The molecule has 1 rings (SSSR count). The zero-order chi connectivity index (χ0) is 15.2. The molecule has 0 aliphatic rings. The van der Waals surface area contributed by atoms with Gasteiger partial charge in [-0.05, 0) is 12.1 Å². The summed E-state index contributed by atoms with van der Waals surface area (Å²) in [5.41, 5.74) is -0.0631. The summed E-state index contributed by atoms with van der Waals surface area (Å²) in [4.78, 5) is 13.4. The third-order valence-corrected chi connectivity index (χ3v) is 2.62. The fraction of sp³-hybridized carbons (Fsp3) is 0.583. The first-order valence-corrected chi connectivity index (χ1v) is 6.00. The Bertz CT molecular complexity index is 432. The molecule has 20 heavy (non-hydrogen) atoms. The minimum atomic E-state index is -4.40. The number of carbonyl (C=O) groups excluding carboxylic acids is 1. The molecule has 1 N–H and O–H groups in total. The zero-order valence-electron chi connectivity index (χ0n) is 11.1. The molecular weight excluding hydrogens is 277 g/mol. The average Bonchev–Trinajstić information content (AvgIpc) is 2.79. The SMILES string of the molecule is COCCN(CCO)C(=O)c1cccn1CC(F)(F)F. The summed E-state index contributed by atoms with van der Waals surface area (Å²) >= 11 is 0. The molecule has 1 amide bonds. The molecule has 8 heteroatoms. The number of rotatable bonds is 7. The van der Waals surface area contributed by atoms with Crippen molar-refractivity contribution >= 4 is 5.91 Å². The van der Waals surface area contributed by atoms with Crippen LogP contribution in [0.5, 0.6) is 0 Å². The molecule has 0 spiro atoms. The van der Waals surface area contributed by atoms with Gasteiger partial charge in [0.1, 0.15) is 12.2 Å². The molecule has 0 aromatic carbocycles. The van der Waals surface area contributed by atoms with E-state index in [1.54, 1.807) is 0 Å². The molecule has 0 unspecified atom stereocenters. The highest BCUT2D eigenvalue weighted by Crippen LogP contribution is 2.19. The fourth-order valence-corrected chi connectivity index (χ4v) is 1.74. The number of hydrogen-bond acceptors (Lipinski definition) is 3. The van der Waals surface area contributed by atoms with Gasteiger partial charge in [-0.3, -0.25) is 4.79 Å². The third kappa shape index (κ3) is 4.86. The van der Waals surface area contributed by atoms with E-state index in [1.807, 2.05) is 0 Å². The lowest BCUT2D eigenvalue weighted by Crippen LogP contribution is -2.37. The van der Waals surface area contributed by atoms with Crippen LogP contribution in [0, 0.1) is 0 Å². The minimum absolute atomic E-state index is 0.0411. The Balaban J connectivity index is 2.86. The predicted molar refractivity (Wildman–Crippen MR) is 65.4 cm³/mol. The van der Waals surface area contributed by atoms with Crippen molar-refractivity contribution in [2.24, 2.45) is 0 Å². The van der Waals surface area contributed by atoms with Crippen molar-refractivity contribution in [1.82, 2.24) is 9.47 Å². The molecule has 0 aliphatic heterocycles. The largest absolute Gasteiger partial charge is 0.406 e. The van der Waals surface area contributed by atoms with E-state index in [-0.39, 0.29) is 32.0 Å². The van der Waals surface area contributed by atoms with Crippen LogP contribution in [0.15, 0.2) is 18.3 Å². The normalized spacial score (nSPS) is 11.7. The number of alkyl halides is 3. The molecule has 1 aromatic heterocycles. The van der Waals surface area contributed by atoms with Crippen molar-refractivity contribution in [3.8, 4) is 0 Å². The molecule has 5 nitrogen and oxygen atoms in total. The number of aromatic nitrogens is 1. The van der Waals surface area contributed by atoms with E-state index < -0.39 is 18.6 Å². The first-order valence-electron chi connectivity index (χ1n) is 6.00.